The van der Waals surface area contributed by atoms with Gasteiger partial charge in [-0.05, 0) is 43.3 Å². The molecule has 0 fully saturated rings. The van der Waals surface area contributed by atoms with E-state index in [-0.39, 0.29) is 24.4 Å². The average molecular weight is 373 g/mol. The number of nitrogens with zero attached hydrogens (tertiary/aromatic N) is 2. The summed E-state index contributed by atoms with van der Waals surface area (Å²) in [7, 11) is 0. The molecule has 0 spiro atoms. The van der Waals surface area contributed by atoms with Crippen molar-refractivity contribution in [2.45, 2.75) is 53.2 Å². The lowest BCUT2D eigenvalue weighted by atomic mass is 10.2. The molecule has 2 rings (SSSR count). The third kappa shape index (κ3) is 5.43. The zero-order valence-corrected chi connectivity index (χ0v) is 16.9. The van der Waals surface area contributed by atoms with E-state index in [2.05, 4.69) is 18.4 Å². The Morgan fingerprint density at radius 2 is 1.73 bits per heavy atom. The summed E-state index contributed by atoms with van der Waals surface area (Å²) in [6.07, 6.45) is 0.411. The van der Waals surface area contributed by atoms with Crippen LogP contribution < -0.4 is 0 Å². The van der Waals surface area contributed by atoms with E-state index in [9.17, 15) is 9.59 Å². The third-order valence-corrected chi connectivity index (χ3v) is 5.43. The van der Waals surface area contributed by atoms with Gasteiger partial charge in [0.05, 0.1) is 13.1 Å². The minimum atomic E-state index is -0.0165. The van der Waals surface area contributed by atoms with Gasteiger partial charge in [0, 0.05) is 23.9 Å². The Morgan fingerprint density at radius 3 is 2.27 bits per heavy atom. The number of hydrogen-bond acceptors (Lipinski definition) is 3. The summed E-state index contributed by atoms with van der Waals surface area (Å²) >= 11 is 1.67. The van der Waals surface area contributed by atoms with E-state index in [1.54, 1.807) is 16.2 Å². The van der Waals surface area contributed by atoms with E-state index in [1.807, 2.05) is 56.0 Å². The number of rotatable bonds is 8. The summed E-state index contributed by atoms with van der Waals surface area (Å²) in [5.41, 5.74) is 2.29. The lowest BCUT2D eigenvalue weighted by Crippen LogP contribution is -2.45. The predicted octanol–water partition coefficient (Wildman–Crippen LogP) is 4.23. The number of amides is 2. The Balaban J connectivity index is 2.19. The molecule has 0 bridgehead atoms. The van der Waals surface area contributed by atoms with Crippen molar-refractivity contribution in [1.29, 1.82) is 0 Å². The van der Waals surface area contributed by atoms with E-state index in [4.69, 9.17) is 0 Å². The third-order valence-electron chi connectivity index (χ3n) is 4.42. The van der Waals surface area contributed by atoms with Crippen LogP contribution in [0.25, 0.3) is 0 Å². The van der Waals surface area contributed by atoms with Crippen LogP contribution in [-0.4, -0.2) is 34.2 Å². The number of hydrogen-bond donors (Lipinski definition) is 0. The molecular formula is C21H28N2O2S. The Morgan fingerprint density at radius 1 is 1.04 bits per heavy atom. The van der Waals surface area contributed by atoms with Crippen LogP contribution in [0.15, 0.2) is 41.8 Å². The first-order chi connectivity index (χ1) is 12.4. The van der Waals surface area contributed by atoms with Crippen molar-refractivity contribution in [2.75, 3.05) is 6.54 Å². The first-order valence-electron chi connectivity index (χ1n) is 9.06. The lowest BCUT2D eigenvalue weighted by molar-refractivity contribution is -0.142. The van der Waals surface area contributed by atoms with Crippen LogP contribution in [0.1, 0.15) is 43.2 Å². The summed E-state index contributed by atoms with van der Waals surface area (Å²) in [6, 6.07) is 12.1. The van der Waals surface area contributed by atoms with Crippen molar-refractivity contribution in [2.24, 2.45) is 0 Å². The highest BCUT2D eigenvalue weighted by atomic mass is 32.1. The summed E-state index contributed by atoms with van der Waals surface area (Å²) in [4.78, 5) is 30.0. The number of carbonyl (C=O) groups excluding carboxylic acids is 2. The maximum atomic E-state index is 13.1. The van der Waals surface area contributed by atoms with Crippen LogP contribution in [0, 0.1) is 6.92 Å². The largest absolute Gasteiger partial charge is 0.332 e. The van der Waals surface area contributed by atoms with Gasteiger partial charge < -0.3 is 9.80 Å². The maximum Gasteiger partial charge on any atom is 0.242 e. The van der Waals surface area contributed by atoms with Crippen molar-refractivity contribution >= 4 is 23.2 Å². The molecule has 26 heavy (non-hydrogen) atoms. The molecule has 0 aliphatic carbocycles. The summed E-state index contributed by atoms with van der Waals surface area (Å²) in [5.74, 6) is -0.00234. The quantitative estimate of drug-likeness (QED) is 0.696. The Labute approximate surface area is 160 Å². The molecule has 0 unspecified atom stereocenters. The van der Waals surface area contributed by atoms with E-state index in [0.29, 0.717) is 19.5 Å². The molecule has 1 heterocycles. The fraction of sp³-hybridized carbons (Fsp3) is 0.429. The van der Waals surface area contributed by atoms with Gasteiger partial charge in [-0.15, -0.1) is 11.3 Å². The average Bonchev–Trinajstić information content (AvgIpc) is 3.03. The topological polar surface area (TPSA) is 40.6 Å². The molecule has 2 amide bonds. The smallest absolute Gasteiger partial charge is 0.242 e. The Bertz CT molecular complexity index is 725. The highest BCUT2D eigenvalue weighted by Crippen LogP contribution is 2.20. The Hall–Kier alpha value is -2.14. The molecule has 1 aromatic heterocycles. The second kappa shape index (κ2) is 9.53. The monoisotopic (exact) mass is 372 g/mol. The van der Waals surface area contributed by atoms with Crippen molar-refractivity contribution < 1.29 is 9.59 Å². The van der Waals surface area contributed by atoms with Gasteiger partial charge in [-0.3, -0.25) is 9.59 Å². The van der Waals surface area contributed by atoms with E-state index in [0.717, 1.165) is 5.56 Å². The zero-order chi connectivity index (χ0) is 19.1. The van der Waals surface area contributed by atoms with Gasteiger partial charge in [0.25, 0.3) is 0 Å². The molecule has 0 aliphatic heterocycles. The minimum Gasteiger partial charge on any atom is -0.332 e. The zero-order valence-electron chi connectivity index (χ0n) is 16.1. The highest BCUT2D eigenvalue weighted by Gasteiger charge is 2.23. The second-order valence-electron chi connectivity index (χ2n) is 6.73. The minimum absolute atomic E-state index is 0.00782. The van der Waals surface area contributed by atoms with Crippen LogP contribution in [0.2, 0.25) is 0 Å². The standard InChI is InChI=1S/C21H28N2O2S/c1-5-20(24)23(16(2)3)15-21(25)22(13-18-9-7-6-8-10-18)14-19-17(4)11-12-26-19/h6-12,16H,5,13-15H2,1-4H3. The van der Waals surface area contributed by atoms with Crippen molar-refractivity contribution in [3.8, 4) is 0 Å². The number of benzene rings is 1. The number of aryl methyl sites for hydroxylation is 1. The Kier molecular flexibility index (Phi) is 7.39. The van der Waals surface area contributed by atoms with Gasteiger partial charge in [-0.2, -0.15) is 0 Å². The normalized spacial score (nSPS) is 10.8. The van der Waals surface area contributed by atoms with Crippen LogP contribution >= 0.6 is 11.3 Å². The molecule has 0 N–H and O–H groups in total. The molecule has 140 valence electrons. The van der Waals surface area contributed by atoms with E-state index >= 15 is 0 Å². The molecule has 0 saturated carbocycles. The molecule has 5 heteroatoms. The van der Waals surface area contributed by atoms with Crippen LogP contribution in [-0.2, 0) is 22.7 Å². The van der Waals surface area contributed by atoms with Gasteiger partial charge in [0.15, 0.2) is 0 Å². The summed E-state index contributed by atoms with van der Waals surface area (Å²) in [6.45, 7) is 9.04. The molecule has 4 nitrogen and oxygen atoms in total. The summed E-state index contributed by atoms with van der Waals surface area (Å²) in [5, 5.41) is 2.05. The first-order valence-corrected chi connectivity index (χ1v) is 9.94. The molecule has 0 radical (unpaired) electrons. The predicted molar refractivity (Wildman–Crippen MR) is 107 cm³/mol. The van der Waals surface area contributed by atoms with Gasteiger partial charge >= 0.3 is 0 Å². The number of thiophene rings is 1. The SMILES string of the molecule is CCC(=O)N(CC(=O)N(Cc1ccccc1)Cc1sccc1C)C(C)C. The lowest BCUT2D eigenvalue weighted by Gasteiger charge is -2.30. The van der Waals surface area contributed by atoms with Gasteiger partial charge in [-0.1, -0.05) is 37.3 Å². The highest BCUT2D eigenvalue weighted by molar-refractivity contribution is 7.10. The maximum absolute atomic E-state index is 13.1. The van der Waals surface area contributed by atoms with E-state index in [1.165, 1.54) is 10.4 Å². The fourth-order valence-electron chi connectivity index (χ4n) is 2.78. The van der Waals surface area contributed by atoms with E-state index < -0.39 is 0 Å². The van der Waals surface area contributed by atoms with Crippen LogP contribution in [0.5, 0.6) is 0 Å². The molecule has 0 atom stereocenters. The van der Waals surface area contributed by atoms with Gasteiger partial charge in [-0.25, -0.2) is 0 Å². The second-order valence-corrected chi connectivity index (χ2v) is 7.73. The summed E-state index contributed by atoms with van der Waals surface area (Å²) < 4.78 is 0. The first kappa shape index (κ1) is 20.2. The van der Waals surface area contributed by atoms with Crippen molar-refractivity contribution in [1.82, 2.24) is 9.80 Å². The van der Waals surface area contributed by atoms with Gasteiger partial charge in [0.1, 0.15) is 0 Å². The molecule has 1 aromatic carbocycles. The molecule has 2 aromatic rings. The fourth-order valence-corrected chi connectivity index (χ4v) is 3.70. The van der Waals surface area contributed by atoms with Crippen LogP contribution in [0.3, 0.4) is 0 Å². The van der Waals surface area contributed by atoms with Crippen molar-refractivity contribution in [3.63, 3.8) is 0 Å². The van der Waals surface area contributed by atoms with Crippen molar-refractivity contribution in [3.05, 3.63) is 57.8 Å². The molecule has 0 saturated heterocycles. The molecular weight excluding hydrogens is 344 g/mol. The van der Waals surface area contributed by atoms with Gasteiger partial charge in [0.2, 0.25) is 11.8 Å². The number of carbonyl (C=O) groups is 2. The van der Waals surface area contributed by atoms with Crippen LogP contribution in [0.4, 0.5) is 0 Å². The molecule has 0 aliphatic rings.